The quantitative estimate of drug-likeness (QED) is 0.754. The summed E-state index contributed by atoms with van der Waals surface area (Å²) in [7, 11) is 0. The van der Waals surface area contributed by atoms with Crippen LogP contribution >= 0.6 is 0 Å². The predicted octanol–water partition coefficient (Wildman–Crippen LogP) is 2.04. The zero-order valence-electron chi connectivity index (χ0n) is 12.0. The molecule has 1 aromatic rings. The molecule has 4 heteroatoms. The Morgan fingerprint density at radius 1 is 1.53 bits per heavy atom. The zero-order valence-corrected chi connectivity index (χ0v) is 12.0. The van der Waals surface area contributed by atoms with Gasteiger partial charge in [-0.15, -0.1) is 0 Å². The average Bonchev–Trinajstić information content (AvgIpc) is 3.08. The summed E-state index contributed by atoms with van der Waals surface area (Å²) >= 11 is 0. The van der Waals surface area contributed by atoms with Gasteiger partial charge in [0.2, 0.25) is 5.91 Å². The van der Waals surface area contributed by atoms with Crippen LogP contribution in [0.2, 0.25) is 0 Å². The van der Waals surface area contributed by atoms with Crippen molar-refractivity contribution < 1.29 is 4.79 Å². The standard InChI is InChI=1S/C15H25N3O/c1-3-4-12(2)17-15(19)11-18-8-7-13(10-18)9-16-14-5-6-14/h7-8,10,12,14,16H,3-6,9,11H2,1-2H3,(H,17,19). The van der Waals surface area contributed by atoms with Crippen molar-refractivity contribution in [1.29, 1.82) is 0 Å². The van der Waals surface area contributed by atoms with Crippen molar-refractivity contribution in [3.63, 3.8) is 0 Å². The molecule has 0 bridgehead atoms. The Bertz CT molecular complexity index is 409. The first-order valence-electron chi connectivity index (χ1n) is 7.34. The number of nitrogens with zero attached hydrogens (tertiary/aromatic N) is 1. The maximum Gasteiger partial charge on any atom is 0.240 e. The highest BCUT2D eigenvalue weighted by Crippen LogP contribution is 2.19. The first-order chi connectivity index (χ1) is 9.17. The van der Waals surface area contributed by atoms with Gasteiger partial charge in [0.1, 0.15) is 6.54 Å². The molecule has 1 unspecified atom stereocenters. The highest BCUT2D eigenvalue weighted by atomic mass is 16.2. The number of nitrogens with one attached hydrogen (secondary N) is 2. The van der Waals surface area contributed by atoms with Gasteiger partial charge in [-0.05, 0) is 37.8 Å². The molecule has 1 atom stereocenters. The summed E-state index contributed by atoms with van der Waals surface area (Å²) in [4.78, 5) is 11.8. The number of amides is 1. The molecule has 1 heterocycles. The van der Waals surface area contributed by atoms with Gasteiger partial charge in [-0.25, -0.2) is 0 Å². The molecule has 0 radical (unpaired) electrons. The van der Waals surface area contributed by atoms with E-state index in [1.165, 1.54) is 18.4 Å². The third-order valence-electron chi connectivity index (χ3n) is 3.44. The van der Waals surface area contributed by atoms with Crippen molar-refractivity contribution in [3.8, 4) is 0 Å². The topological polar surface area (TPSA) is 46.1 Å². The molecule has 2 N–H and O–H groups in total. The summed E-state index contributed by atoms with van der Waals surface area (Å²) in [5, 5.41) is 6.50. The van der Waals surface area contributed by atoms with Gasteiger partial charge >= 0.3 is 0 Å². The van der Waals surface area contributed by atoms with Gasteiger partial charge in [-0.2, -0.15) is 0 Å². The van der Waals surface area contributed by atoms with Crippen LogP contribution in [0.4, 0.5) is 0 Å². The first kappa shape index (κ1) is 14.1. The van der Waals surface area contributed by atoms with Crippen LogP contribution < -0.4 is 10.6 Å². The Labute approximate surface area is 115 Å². The van der Waals surface area contributed by atoms with Crippen molar-refractivity contribution in [2.45, 2.75) is 64.7 Å². The molecule has 0 saturated heterocycles. The first-order valence-corrected chi connectivity index (χ1v) is 7.34. The fourth-order valence-electron chi connectivity index (χ4n) is 2.23. The van der Waals surface area contributed by atoms with Crippen molar-refractivity contribution in [2.24, 2.45) is 0 Å². The zero-order chi connectivity index (χ0) is 13.7. The molecule has 1 saturated carbocycles. The summed E-state index contributed by atoms with van der Waals surface area (Å²) in [6.45, 7) is 5.51. The molecule has 0 aliphatic heterocycles. The number of carbonyl (C=O) groups excluding carboxylic acids is 1. The van der Waals surface area contributed by atoms with Crippen LogP contribution in [0.25, 0.3) is 0 Å². The largest absolute Gasteiger partial charge is 0.352 e. The average molecular weight is 263 g/mol. The summed E-state index contributed by atoms with van der Waals surface area (Å²) in [6.07, 6.45) is 8.78. The van der Waals surface area contributed by atoms with Crippen LogP contribution in [-0.2, 0) is 17.9 Å². The lowest BCUT2D eigenvalue weighted by molar-refractivity contribution is -0.122. The van der Waals surface area contributed by atoms with E-state index < -0.39 is 0 Å². The van der Waals surface area contributed by atoms with Crippen LogP contribution in [0, 0.1) is 0 Å². The van der Waals surface area contributed by atoms with E-state index in [0.717, 1.165) is 25.4 Å². The fraction of sp³-hybridized carbons (Fsp3) is 0.667. The molecular weight excluding hydrogens is 238 g/mol. The third-order valence-corrected chi connectivity index (χ3v) is 3.44. The van der Waals surface area contributed by atoms with Crippen LogP contribution in [0.15, 0.2) is 18.5 Å². The SMILES string of the molecule is CCCC(C)NC(=O)Cn1ccc(CNC2CC2)c1. The third kappa shape index (κ3) is 5.07. The number of hydrogen-bond donors (Lipinski definition) is 2. The van der Waals surface area contributed by atoms with Gasteiger partial charge in [0.15, 0.2) is 0 Å². The number of carbonyl (C=O) groups is 1. The Hall–Kier alpha value is -1.29. The molecule has 0 spiro atoms. The molecule has 0 aromatic carbocycles. The van der Waals surface area contributed by atoms with E-state index in [4.69, 9.17) is 0 Å². The summed E-state index contributed by atoms with van der Waals surface area (Å²) in [5.74, 6) is 0.0956. The second-order valence-electron chi connectivity index (χ2n) is 5.60. The molecule has 1 fully saturated rings. The van der Waals surface area contributed by atoms with E-state index in [9.17, 15) is 4.79 Å². The molecule has 1 amide bonds. The van der Waals surface area contributed by atoms with Gasteiger partial charge in [0.25, 0.3) is 0 Å². The van der Waals surface area contributed by atoms with E-state index in [-0.39, 0.29) is 11.9 Å². The molecule has 1 aliphatic rings. The van der Waals surface area contributed by atoms with Crippen molar-refractivity contribution in [3.05, 3.63) is 24.0 Å². The minimum atomic E-state index is 0.0956. The van der Waals surface area contributed by atoms with Crippen LogP contribution in [0.3, 0.4) is 0 Å². The van der Waals surface area contributed by atoms with Crippen molar-refractivity contribution in [2.75, 3.05) is 0 Å². The minimum absolute atomic E-state index is 0.0956. The Morgan fingerprint density at radius 3 is 3.00 bits per heavy atom. The molecule has 2 rings (SSSR count). The molecule has 106 valence electrons. The van der Waals surface area contributed by atoms with Gasteiger partial charge in [0, 0.05) is 31.0 Å². The monoisotopic (exact) mass is 263 g/mol. The molecular formula is C15H25N3O. The molecule has 1 aromatic heterocycles. The van der Waals surface area contributed by atoms with Crippen LogP contribution in [0.5, 0.6) is 0 Å². The lowest BCUT2D eigenvalue weighted by Gasteiger charge is -2.12. The highest BCUT2D eigenvalue weighted by molar-refractivity contribution is 5.76. The molecule has 4 nitrogen and oxygen atoms in total. The van der Waals surface area contributed by atoms with Crippen LogP contribution in [-0.4, -0.2) is 22.6 Å². The Kier molecular flexibility index (Phi) is 5.02. The van der Waals surface area contributed by atoms with Crippen molar-refractivity contribution in [1.82, 2.24) is 15.2 Å². The Balaban J connectivity index is 1.73. The maximum atomic E-state index is 11.8. The molecule has 1 aliphatic carbocycles. The number of hydrogen-bond acceptors (Lipinski definition) is 2. The second-order valence-corrected chi connectivity index (χ2v) is 5.60. The van der Waals surface area contributed by atoms with E-state index in [1.54, 1.807) is 0 Å². The predicted molar refractivity (Wildman–Crippen MR) is 76.8 cm³/mol. The minimum Gasteiger partial charge on any atom is -0.352 e. The normalized spacial score (nSPS) is 16.3. The maximum absolute atomic E-state index is 11.8. The lowest BCUT2D eigenvalue weighted by atomic mass is 10.2. The van der Waals surface area contributed by atoms with Gasteiger partial charge in [0.05, 0.1) is 0 Å². The number of rotatable bonds is 8. The van der Waals surface area contributed by atoms with Crippen molar-refractivity contribution >= 4 is 5.91 Å². The lowest BCUT2D eigenvalue weighted by Crippen LogP contribution is -2.34. The molecule has 19 heavy (non-hydrogen) atoms. The van der Waals surface area contributed by atoms with Gasteiger partial charge < -0.3 is 15.2 Å². The fourth-order valence-corrected chi connectivity index (χ4v) is 2.23. The van der Waals surface area contributed by atoms with Gasteiger partial charge in [-0.1, -0.05) is 13.3 Å². The number of aromatic nitrogens is 1. The van der Waals surface area contributed by atoms with E-state index >= 15 is 0 Å². The smallest absolute Gasteiger partial charge is 0.240 e. The van der Waals surface area contributed by atoms with Crippen LogP contribution in [0.1, 0.15) is 45.1 Å². The summed E-state index contributed by atoms with van der Waals surface area (Å²) < 4.78 is 1.96. The van der Waals surface area contributed by atoms with E-state index in [1.807, 2.05) is 10.8 Å². The van der Waals surface area contributed by atoms with Gasteiger partial charge in [-0.3, -0.25) is 4.79 Å². The second kappa shape index (κ2) is 6.75. The Morgan fingerprint density at radius 2 is 2.32 bits per heavy atom. The highest BCUT2D eigenvalue weighted by Gasteiger charge is 2.20. The summed E-state index contributed by atoms with van der Waals surface area (Å²) in [5.41, 5.74) is 1.25. The van der Waals surface area contributed by atoms with E-state index in [2.05, 4.69) is 36.7 Å². The van der Waals surface area contributed by atoms with E-state index in [0.29, 0.717) is 6.54 Å². The summed E-state index contributed by atoms with van der Waals surface area (Å²) in [6, 6.07) is 3.07.